The molecule has 0 unspecified atom stereocenters. The molecule has 1 aromatic heterocycles. The molecule has 142 valence electrons. The molecule has 4 rings (SSSR count). The third-order valence-electron chi connectivity index (χ3n) is 6.81. The highest BCUT2D eigenvalue weighted by atomic mass is 16.2. The normalized spacial score (nSPS) is 23.4. The fourth-order valence-corrected chi connectivity index (χ4v) is 5.10. The Hall–Kier alpha value is -2.42. The Morgan fingerprint density at radius 3 is 2.48 bits per heavy atom. The van der Waals surface area contributed by atoms with Crippen LogP contribution in [0.1, 0.15) is 61.7 Å². The van der Waals surface area contributed by atoms with Crippen molar-refractivity contribution < 1.29 is 9.59 Å². The van der Waals surface area contributed by atoms with Crippen LogP contribution >= 0.6 is 0 Å². The Kier molecular flexibility index (Phi) is 4.63. The summed E-state index contributed by atoms with van der Waals surface area (Å²) in [6.07, 6.45) is 10.5. The van der Waals surface area contributed by atoms with E-state index in [-0.39, 0.29) is 23.3 Å². The predicted octanol–water partition coefficient (Wildman–Crippen LogP) is 2.67. The molecule has 0 atom stereocenters. The Morgan fingerprint density at radius 2 is 1.89 bits per heavy atom. The standard InChI is InChI=1S/C21H26N4O2/c22-15-21(5-1-2-6-21)19(27)25-10-7-20(8-11-25)12-17(13-20)24-18(26)16-4-3-9-23-14-16/h3-4,9,14,17H,1-2,5-8,10-13H2,(H,24,26). The zero-order valence-electron chi connectivity index (χ0n) is 15.6. The fourth-order valence-electron chi connectivity index (χ4n) is 5.10. The molecule has 6 heteroatoms. The molecule has 0 radical (unpaired) electrons. The summed E-state index contributed by atoms with van der Waals surface area (Å²) >= 11 is 0. The molecular weight excluding hydrogens is 340 g/mol. The molecule has 1 N–H and O–H groups in total. The monoisotopic (exact) mass is 366 g/mol. The average Bonchev–Trinajstić information content (AvgIpc) is 3.18. The molecule has 6 nitrogen and oxygen atoms in total. The minimum atomic E-state index is -0.760. The Balaban J connectivity index is 1.28. The zero-order chi connectivity index (χ0) is 18.9. The number of hydrogen-bond acceptors (Lipinski definition) is 4. The first kappa shape index (κ1) is 18.0. The van der Waals surface area contributed by atoms with E-state index >= 15 is 0 Å². The second-order valence-corrected chi connectivity index (χ2v) is 8.51. The van der Waals surface area contributed by atoms with Gasteiger partial charge in [0.05, 0.1) is 11.6 Å². The number of aromatic nitrogens is 1. The number of pyridine rings is 1. The first-order valence-corrected chi connectivity index (χ1v) is 9.97. The summed E-state index contributed by atoms with van der Waals surface area (Å²) in [5.74, 6) is -0.00846. The number of rotatable bonds is 3. The largest absolute Gasteiger partial charge is 0.349 e. The lowest BCUT2D eigenvalue weighted by Gasteiger charge is -2.52. The van der Waals surface area contributed by atoms with Crippen molar-refractivity contribution in [2.45, 2.75) is 57.4 Å². The summed E-state index contributed by atoms with van der Waals surface area (Å²) in [6, 6.07) is 6.07. The molecule has 1 saturated heterocycles. The lowest BCUT2D eigenvalue weighted by Crippen LogP contribution is -2.56. The van der Waals surface area contributed by atoms with E-state index in [4.69, 9.17) is 0 Å². The number of amides is 2. The van der Waals surface area contributed by atoms with Gasteiger partial charge >= 0.3 is 0 Å². The van der Waals surface area contributed by atoms with Crippen LogP contribution in [0.4, 0.5) is 0 Å². The molecule has 0 bridgehead atoms. The highest BCUT2D eigenvalue weighted by molar-refractivity contribution is 5.94. The smallest absolute Gasteiger partial charge is 0.253 e. The fraction of sp³-hybridized carbons (Fsp3) is 0.619. The molecule has 1 spiro atoms. The highest BCUT2D eigenvalue weighted by Crippen LogP contribution is 2.50. The predicted molar refractivity (Wildman–Crippen MR) is 99.5 cm³/mol. The van der Waals surface area contributed by atoms with Crippen molar-refractivity contribution in [3.8, 4) is 6.07 Å². The maximum absolute atomic E-state index is 12.9. The van der Waals surface area contributed by atoms with Gasteiger partial charge in [-0.25, -0.2) is 0 Å². The van der Waals surface area contributed by atoms with Crippen LogP contribution in [0, 0.1) is 22.2 Å². The first-order chi connectivity index (χ1) is 13.1. The van der Waals surface area contributed by atoms with Gasteiger partial charge in [0.1, 0.15) is 5.41 Å². The van der Waals surface area contributed by atoms with E-state index in [0.717, 1.165) is 51.6 Å². The van der Waals surface area contributed by atoms with Crippen molar-refractivity contribution in [3.05, 3.63) is 30.1 Å². The van der Waals surface area contributed by atoms with Gasteiger partial charge in [0.15, 0.2) is 0 Å². The molecule has 0 aromatic carbocycles. The summed E-state index contributed by atoms with van der Waals surface area (Å²) < 4.78 is 0. The Morgan fingerprint density at radius 1 is 1.19 bits per heavy atom. The lowest BCUT2D eigenvalue weighted by molar-refractivity contribution is -0.142. The molecule has 2 aliphatic carbocycles. The topological polar surface area (TPSA) is 86.1 Å². The van der Waals surface area contributed by atoms with Gasteiger partial charge in [-0.1, -0.05) is 12.8 Å². The minimum Gasteiger partial charge on any atom is -0.349 e. The molecule has 3 aliphatic rings. The Labute approximate surface area is 159 Å². The first-order valence-electron chi connectivity index (χ1n) is 9.97. The van der Waals surface area contributed by atoms with Crippen molar-refractivity contribution in [1.82, 2.24) is 15.2 Å². The number of piperidine rings is 1. The van der Waals surface area contributed by atoms with Crippen LogP contribution in [0.5, 0.6) is 0 Å². The summed E-state index contributed by atoms with van der Waals surface area (Å²) in [5.41, 5.74) is 0.0842. The van der Waals surface area contributed by atoms with Crippen molar-refractivity contribution >= 4 is 11.8 Å². The van der Waals surface area contributed by atoms with E-state index < -0.39 is 5.41 Å². The summed E-state index contributed by atoms with van der Waals surface area (Å²) in [6.45, 7) is 1.48. The third kappa shape index (κ3) is 3.31. The van der Waals surface area contributed by atoms with Crippen molar-refractivity contribution in [3.63, 3.8) is 0 Å². The molecule has 1 aromatic rings. The summed E-state index contributed by atoms with van der Waals surface area (Å²) in [7, 11) is 0. The van der Waals surface area contributed by atoms with Crippen LogP contribution in [-0.2, 0) is 4.79 Å². The summed E-state index contributed by atoms with van der Waals surface area (Å²) in [4.78, 5) is 31.0. The SMILES string of the molecule is N#CC1(C(=O)N2CCC3(CC2)CC(NC(=O)c2cccnc2)C3)CCCC1. The van der Waals surface area contributed by atoms with E-state index in [2.05, 4.69) is 16.4 Å². The molecule has 1 aliphatic heterocycles. The second kappa shape index (κ2) is 6.95. The Bertz CT molecular complexity index is 748. The van der Waals surface area contributed by atoms with Gasteiger partial charge in [-0.3, -0.25) is 14.6 Å². The molecule has 27 heavy (non-hydrogen) atoms. The van der Waals surface area contributed by atoms with Crippen molar-refractivity contribution in [2.24, 2.45) is 10.8 Å². The van der Waals surface area contributed by atoms with Gasteiger partial charge in [-0.15, -0.1) is 0 Å². The zero-order valence-corrected chi connectivity index (χ0v) is 15.6. The number of nitrogens with zero attached hydrogens (tertiary/aromatic N) is 3. The molecular formula is C21H26N4O2. The minimum absolute atomic E-state index is 0.0538. The van der Waals surface area contributed by atoms with Gasteiger partial charge in [-0.2, -0.15) is 5.26 Å². The van der Waals surface area contributed by atoms with Crippen molar-refractivity contribution in [1.29, 1.82) is 5.26 Å². The van der Waals surface area contributed by atoms with Crippen LogP contribution in [-0.4, -0.2) is 40.8 Å². The highest BCUT2D eigenvalue weighted by Gasteiger charge is 2.50. The quantitative estimate of drug-likeness (QED) is 0.891. The van der Waals surface area contributed by atoms with Crippen LogP contribution in [0.3, 0.4) is 0 Å². The number of nitrogens with one attached hydrogen (secondary N) is 1. The van der Waals surface area contributed by atoms with Gasteiger partial charge in [0.25, 0.3) is 5.91 Å². The van der Waals surface area contributed by atoms with E-state index in [9.17, 15) is 14.9 Å². The number of carbonyl (C=O) groups is 2. The summed E-state index contributed by atoms with van der Waals surface area (Å²) in [5, 5.41) is 12.6. The number of nitriles is 1. The average molecular weight is 366 g/mol. The number of hydrogen-bond donors (Lipinski definition) is 1. The van der Waals surface area contributed by atoms with E-state index in [1.54, 1.807) is 24.5 Å². The van der Waals surface area contributed by atoms with Crippen LogP contribution in [0.15, 0.2) is 24.5 Å². The van der Waals surface area contributed by atoms with Gasteiger partial charge in [0, 0.05) is 31.5 Å². The second-order valence-electron chi connectivity index (χ2n) is 8.51. The molecule has 2 saturated carbocycles. The van der Waals surface area contributed by atoms with Crippen LogP contribution in [0.25, 0.3) is 0 Å². The van der Waals surface area contributed by atoms with Gasteiger partial charge in [0.2, 0.25) is 5.91 Å². The van der Waals surface area contributed by atoms with Crippen LogP contribution in [0.2, 0.25) is 0 Å². The van der Waals surface area contributed by atoms with Crippen LogP contribution < -0.4 is 5.32 Å². The third-order valence-corrected chi connectivity index (χ3v) is 6.81. The van der Waals surface area contributed by atoms with Crippen molar-refractivity contribution in [2.75, 3.05) is 13.1 Å². The molecule has 2 heterocycles. The maximum atomic E-state index is 12.9. The number of carbonyl (C=O) groups excluding carboxylic acids is 2. The van der Waals surface area contributed by atoms with Gasteiger partial charge < -0.3 is 10.2 Å². The number of likely N-dealkylation sites (tertiary alicyclic amines) is 1. The van der Waals surface area contributed by atoms with E-state index in [1.165, 1.54) is 0 Å². The molecule has 3 fully saturated rings. The lowest BCUT2D eigenvalue weighted by atomic mass is 9.60. The van der Waals surface area contributed by atoms with E-state index in [1.807, 2.05) is 4.90 Å². The van der Waals surface area contributed by atoms with Gasteiger partial charge in [-0.05, 0) is 56.1 Å². The molecule has 2 amide bonds. The van der Waals surface area contributed by atoms with E-state index in [0.29, 0.717) is 18.4 Å². The maximum Gasteiger partial charge on any atom is 0.253 e.